The number of hydrogen-bond acceptors (Lipinski definition) is 5. The van der Waals surface area contributed by atoms with Crippen LogP contribution in [-0.4, -0.2) is 31.0 Å². The number of anilines is 1. The van der Waals surface area contributed by atoms with Crippen molar-refractivity contribution in [2.24, 2.45) is 0 Å². The molecule has 24 heavy (non-hydrogen) atoms. The predicted octanol–water partition coefficient (Wildman–Crippen LogP) is 3.02. The molecule has 1 aliphatic rings. The fraction of sp³-hybridized carbons (Fsp3) is 0.333. The second kappa shape index (κ2) is 6.03. The van der Waals surface area contributed by atoms with Crippen LogP contribution in [0.4, 0.5) is 5.95 Å². The number of pyridine rings is 1. The lowest BCUT2D eigenvalue weighted by atomic mass is 10.1. The minimum Gasteiger partial charge on any atom is -0.332 e. The molecule has 1 saturated heterocycles. The molecule has 4 rings (SSSR count). The lowest BCUT2D eigenvalue weighted by Gasteiger charge is -2.25. The van der Waals surface area contributed by atoms with Gasteiger partial charge in [0.2, 0.25) is 5.95 Å². The van der Waals surface area contributed by atoms with Crippen LogP contribution >= 0.6 is 0 Å². The molecule has 0 aliphatic carbocycles. The predicted molar refractivity (Wildman–Crippen MR) is 92.2 cm³/mol. The van der Waals surface area contributed by atoms with Crippen LogP contribution in [0.1, 0.15) is 36.0 Å². The van der Waals surface area contributed by atoms with Crippen molar-refractivity contribution in [3.05, 3.63) is 60.1 Å². The minimum atomic E-state index is 0.217. The van der Waals surface area contributed by atoms with Crippen LogP contribution in [-0.2, 0) is 0 Å². The maximum Gasteiger partial charge on any atom is 0.226 e. The molecular weight excluding hydrogens is 300 g/mol. The lowest BCUT2D eigenvalue weighted by molar-refractivity contribution is 0.674. The first-order valence-corrected chi connectivity index (χ1v) is 8.25. The third-order valence-corrected chi connectivity index (χ3v) is 4.35. The Labute approximate surface area is 141 Å². The molecule has 6 heteroatoms. The van der Waals surface area contributed by atoms with E-state index < -0.39 is 0 Å². The van der Waals surface area contributed by atoms with Gasteiger partial charge in [-0.1, -0.05) is 6.07 Å². The van der Waals surface area contributed by atoms with Gasteiger partial charge in [-0.15, -0.1) is 0 Å². The molecule has 0 bridgehead atoms. The summed E-state index contributed by atoms with van der Waals surface area (Å²) in [7, 11) is 0. The van der Waals surface area contributed by atoms with Crippen LogP contribution in [0.5, 0.6) is 0 Å². The summed E-state index contributed by atoms with van der Waals surface area (Å²) < 4.78 is 1.93. The smallest absolute Gasteiger partial charge is 0.226 e. The molecular formula is C18H20N6. The molecule has 0 unspecified atom stereocenters. The van der Waals surface area contributed by atoms with E-state index in [2.05, 4.69) is 32.0 Å². The molecule has 1 aliphatic heterocycles. The van der Waals surface area contributed by atoms with E-state index in [4.69, 9.17) is 4.98 Å². The fourth-order valence-electron chi connectivity index (χ4n) is 3.31. The molecule has 6 nitrogen and oxygen atoms in total. The molecule has 0 N–H and O–H groups in total. The van der Waals surface area contributed by atoms with E-state index in [1.165, 1.54) is 0 Å². The largest absolute Gasteiger partial charge is 0.332 e. The SMILES string of the molecule is Cc1cc(C)nc(N2CCC[C@H]2c2cccc(-n3ccnc3)n2)n1. The Hall–Kier alpha value is -2.76. The first kappa shape index (κ1) is 14.8. The summed E-state index contributed by atoms with van der Waals surface area (Å²) in [6, 6.07) is 8.36. The van der Waals surface area contributed by atoms with Gasteiger partial charge in [-0.2, -0.15) is 0 Å². The number of aryl methyl sites for hydroxylation is 2. The number of hydrogen-bond donors (Lipinski definition) is 0. The Morgan fingerprint density at radius 1 is 1.08 bits per heavy atom. The van der Waals surface area contributed by atoms with Gasteiger partial charge in [0.1, 0.15) is 12.1 Å². The monoisotopic (exact) mass is 320 g/mol. The highest BCUT2D eigenvalue weighted by atomic mass is 15.3. The van der Waals surface area contributed by atoms with Crippen LogP contribution in [0, 0.1) is 13.8 Å². The Kier molecular flexibility index (Phi) is 3.72. The maximum absolute atomic E-state index is 4.84. The topological polar surface area (TPSA) is 59.7 Å². The molecule has 0 saturated carbocycles. The van der Waals surface area contributed by atoms with Crippen molar-refractivity contribution < 1.29 is 0 Å². The van der Waals surface area contributed by atoms with E-state index in [0.29, 0.717) is 0 Å². The molecule has 0 spiro atoms. The van der Waals surface area contributed by atoms with Crippen LogP contribution in [0.15, 0.2) is 43.0 Å². The Morgan fingerprint density at radius 2 is 1.92 bits per heavy atom. The first-order chi connectivity index (χ1) is 11.7. The van der Waals surface area contributed by atoms with E-state index in [1.54, 1.807) is 12.5 Å². The van der Waals surface area contributed by atoms with Crippen molar-refractivity contribution in [2.75, 3.05) is 11.4 Å². The average molecular weight is 320 g/mol. The molecule has 1 atom stereocenters. The second-order valence-electron chi connectivity index (χ2n) is 6.19. The average Bonchev–Trinajstić information content (AvgIpc) is 3.26. The second-order valence-corrected chi connectivity index (χ2v) is 6.19. The van der Waals surface area contributed by atoms with Gasteiger partial charge in [0.25, 0.3) is 0 Å². The van der Waals surface area contributed by atoms with E-state index in [0.717, 1.165) is 48.2 Å². The van der Waals surface area contributed by atoms with Crippen molar-refractivity contribution in [2.45, 2.75) is 32.7 Å². The summed E-state index contributed by atoms with van der Waals surface area (Å²) >= 11 is 0. The quantitative estimate of drug-likeness (QED) is 0.742. The zero-order valence-corrected chi connectivity index (χ0v) is 13.9. The minimum absolute atomic E-state index is 0.217. The summed E-state index contributed by atoms with van der Waals surface area (Å²) in [5.74, 6) is 1.70. The summed E-state index contributed by atoms with van der Waals surface area (Å²) in [6.07, 6.45) is 7.63. The number of nitrogens with zero attached hydrogens (tertiary/aromatic N) is 6. The van der Waals surface area contributed by atoms with Crippen LogP contribution < -0.4 is 4.90 Å². The summed E-state index contributed by atoms with van der Waals surface area (Å²) in [6.45, 7) is 4.99. The van der Waals surface area contributed by atoms with Gasteiger partial charge in [0, 0.05) is 30.3 Å². The van der Waals surface area contributed by atoms with Gasteiger partial charge < -0.3 is 4.90 Å². The summed E-state index contributed by atoms with van der Waals surface area (Å²) in [5.41, 5.74) is 3.06. The third-order valence-electron chi connectivity index (χ3n) is 4.35. The Bertz CT molecular complexity index is 822. The van der Waals surface area contributed by atoms with E-state index in [9.17, 15) is 0 Å². The van der Waals surface area contributed by atoms with Gasteiger partial charge in [-0.3, -0.25) is 4.57 Å². The normalized spacial score (nSPS) is 17.4. The van der Waals surface area contributed by atoms with Gasteiger partial charge in [0.15, 0.2) is 0 Å². The molecule has 3 aromatic rings. The van der Waals surface area contributed by atoms with E-state index >= 15 is 0 Å². The number of aromatic nitrogens is 5. The van der Waals surface area contributed by atoms with Crippen LogP contribution in [0.2, 0.25) is 0 Å². The van der Waals surface area contributed by atoms with E-state index in [-0.39, 0.29) is 6.04 Å². The summed E-state index contributed by atoms with van der Waals surface area (Å²) in [4.78, 5) is 20.5. The van der Waals surface area contributed by atoms with Crippen molar-refractivity contribution in [3.8, 4) is 5.82 Å². The summed E-state index contributed by atoms with van der Waals surface area (Å²) in [5, 5.41) is 0. The standard InChI is InChI=1S/C18H20N6/c1-13-11-14(2)21-18(20-13)24-9-4-6-16(24)15-5-3-7-17(22-15)23-10-8-19-12-23/h3,5,7-8,10-12,16H,4,6,9H2,1-2H3/t16-/m0/s1. The lowest BCUT2D eigenvalue weighted by Crippen LogP contribution is -2.26. The maximum atomic E-state index is 4.84. The highest BCUT2D eigenvalue weighted by Crippen LogP contribution is 2.34. The Balaban J connectivity index is 1.69. The molecule has 3 aromatic heterocycles. The number of rotatable bonds is 3. The molecule has 0 amide bonds. The third kappa shape index (κ3) is 2.75. The Morgan fingerprint density at radius 3 is 2.67 bits per heavy atom. The van der Waals surface area contributed by atoms with Crippen molar-refractivity contribution >= 4 is 5.95 Å². The first-order valence-electron chi connectivity index (χ1n) is 8.25. The van der Waals surface area contributed by atoms with Crippen molar-refractivity contribution in [1.29, 1.82) is 0 Å². The fourth-order valence-corrected chi connectivity index (χ4v) is 3.31. The van der Waals surface area contributed by atoms with Gasteiger partial charge in [0.05, 0.1) is 11.7 Å². The highest BCUT2D eigenvalue weighted by molar-refractivity contribution is 5.39. The van der Waals surface area contributed by atoms with Gasteiger partial charge in [-0.05, 0) is 44.9 Å². The van der Waals surface area contributed by atoms with E-state index in [1.807, 2.05) is 36.7 Å². The van der Waals surface area contributed by atoms with Crippen LogP contribution in [0.25, 0.3) is 5.82 Å². The highest BCUT2D eigenvalue weighted by Gasteiger charge is 2.29. The van der Waals surface area contributed by atoms with Gasteiger partial charge >= 0.3 is 0 Å². The zero-order valence-electron chi connectivity index (χ0n) is 13.9. The number of imidazole rings is 1. The molecule has 0 radical (unpaired) electrons. The van der Waals surface area contributed by atoms with Crippen LogP contribution in [0.3, 0.4) is 0 Å². The molecule has 122 valence electrons. The molecule has 4 heterocycles. The van der Waals surface area contributed by atoms with Gasteiger partial charge in [-0.25, -0.2) is 19.9 Å². The zero-order chi connectivity index (χ0) is 16.5. The van der Waals surface area contributed by atoms with Crippen molar-refractivity contribution in [3.63, 3.8) is 0 Å². The molecule has 0 aromatic carbocycles. The van der Waals surface area contributed by atoms with Crippen molar-refractivity contribution in [1.82, 2.24) is 24.5 Å². The molecule has 1 fully saturated rings.